The first-order chi connectivity index (χ1) is 17.7. The summed E-state index contributed by atoms with van der Waals surface area (Å²) in [5, 5.41) is 0.627. The Morgan fingerprint density at radius 2 is 1.78 bits per heavy atom. The lowest BCUT2D eigenvalue weighted by molar-refractivity contribution is -0.123. The lowest BCUT2D eigenvalue weighted by Gasteiger charge is -2.33. The molecular weight excluding hydrogens is 511 g/mol. The van der Waals surface area contributed by atoms with Gasteiger partial charge in [0, 0.05) is 31.4 Å². The monoisotopic (exact) mass is 538 g/mol. The van der Waals surface area contributed by atoms with Crippen molar-refractivity contribution >= 4 is 42.6 Å². The molecule has 5 rings (SSSR count). The van der Waals surface area contributed by atoms with Crippen molar-refractivity contribution in [2.24, 2.45) is 5.92 Å². The third kappa shape index (κ3) is 5.14. The molecule has 0 unspecified atom stereocenters. The molecule has 1 aliphatic rings. The number of fused-ring (bicyclic) bond motifs is 1. The minimum absolute atomic E-state index is 0.0529. The van der Waals surface area contributed by atoms with Crippen molar-refractivity contribution in [3.8, 4) is 0 Å². The van der Waals surface area contributed by atoms with Crippen LogP contribution < -0.4 is 4.90 Å². The van der Waals surface area contributed by atoms with Gasteiger partial charge in [0.1, 0.15) is 5.82 Å². The molecule has 37 heavy (non-hydrogen) atoms. The number of hydrogen-bond acceptors (Lipinski definition) is 6. The number of anilines is 1. The van der Waals surface area contributed by atoms with E-state index in [1.165, 1.54) is 27.8 Å². The molecule has 0 radical (unpaired) electrons. The summed E-state index contributed by atoms with van der Waals surface area (Å²) in [4.78, 5) is 24.7. The Bertz CT molecular complexity index is 1490. The predicted molar refractivity (Wildman–Crippen MR) is 142 cm³/mol. The van der Waals surface area contributed by atoms with Gasteiger partial charge >= 0.3 is 0 Å². The van der Waals surface area contributed by atoms with E-state index in [2.05, 4.69) is 11.1 Å². The van der Waals surface area contributed by atoms with E-state index < -0.39 is 15.8 Å². The van der Waals surface area contributed by atoms with E-state index in [0.717, 1.165) is 39.0 Å². The minimum atomic E-state index is -3.75. The maximum Gasteiger partial charge on any atom is 0.243 e. The van der Waals surface area contributed by atoms with Gasteiger partial charge in [0.25, 0.3) is 0 Å². The second-order valence-electron chi connectivity index (χ2n) is 9.29. The molecule has 1 saturated heterocycles. The number of carbonyl (C=O) groups is 1. The third-order valence-corrected chi connectivity index (χ3v) is 9.87. The van der Waals surface area contributed by atoms with Crippen LogP contribution in [0.3, 0.4) is 0 Å². The quantitative estimate of drug-likeness (QED) is 0.342. The lowest BCUT2D eigenvalue weighted by atomic mass is 9.96. The summed E-state index contributed by atoms with van der Waals surface area (Å²) in [5.41, 5.74) is 3.94. The van der Waals surface area contributed by atoms with Crippen molar-refractivity contribution in [3.05, 3.63) is 83.4 Å². The van der Waals surface area contributed by atoms with Gasteiger partial charge in [-0.15, -0.1) is 0 Å². The number of amides is 1. The Kier molecular flexibility index (Phi) is 7.06. The largest absolute Gasteiger partial charge is 0.283 e. The fourth-order valence-corrected chi connectivity index (χ4v) is 7.18. The van der Waals surface area contributed by atoms with Crippen LogP contribution in [0.4, 0.5) is 9.52 Å². The van der Waals surface area contributed by atoms with Crippen molar-refractivity contribution in [2.75, 3.05) is 18.0 Å². The number of carbonyl (C=O) groups excluding carboxylic acids is 1. The summed E-state index contributed by atoms with van der Waals surface area (Å²) in [6.07, 6.45) is 4.22. The summed E-state index contributed by atoms with van der Waals surface area (Å²) >= 11 is 1.50. The molecule has 1 aliphatic heterocycles. The molecule has 1 amide bonds. The molecule has 0 aliphatic carbocycles. The second-order valence-corrected chi connectivity index (χ2v) is 12.2. The summed E-state index contributed by atoms with van der Waals surface area (Å²) < 4.78 is 41.8. The van der Waals surface area contributed by atoms with E-state index in [9.17, 15) is 17.6 Å². The zero-order valence-corrected chi connectivity index (χ0v) is 22.2. The van der Waals surface area contributed by atoms with Gasteiger partial charge in [-0.2, -0.15) is 4.31 Å². The number of halogens is 1. The molecule has 4 aromatic rings. The van der Waals surface area contributed by atoms with Crippen LogP contribution in [0.2, 0.25) is 0 Å². The Hall–Kier alpha value is -3.21. The van der Waals surface area contributed by atoms with Gasteiger partial charge in [0.15, 0.2) is 5.13 Å². The number of aryl methyl sites for hydroxylation is 2. The molecule has 192 valence electrons. The molecule has 0 N–H and O–H groups in total. The highest BCUT2D eigenvalue weighted by Gasteiger charge is 2.35. The van der Waals surface area contributed by atoms with Gasteiger partial charge in [-0.1, -0.05) is 29.5 Å². The van der Waals surface area contributed by atoms with Crippen LogP contribution in [0.1, 0.15) is 29.5 Å². The van der Waals surface area contributed by atoms with Gasteiger partial charge in [0.05, 0.1) is 21.7 Å². The SMILES string of the molecule is Cc1ccc(C)c2sc(N(Cc3cccnc3)C(=O)C3CCN(S(=O)(=O)c4ccc(F)cc4)CC3)nc12. The third-order valence-electron chi connectivity index (χ3n) is 6.75. The molecule has 0 spiro atoms. The van der Waals surface area contributed by atoms with Crippen molar-refractivity contribution < 1.29 is 17.6 Å². The van der Waals surface area contributed by atoms with Crippen LogP contribution in [0, 0.1) is 25.6 Å². The average Bonchev–Trinajstić information content (AvgIpc) is 3.37. The number of nitrogens with zero attached hydrogens (tertiary/aromatic N) is 4. The first-order valence-electron chi connectivity index (χ1n) is 12.1. The Balaban J connectivity index is 1.39. The van der Waals surface area contributed by atoms with Gasteiger partial charge in [0.2, 0.25) is 15.9 Å². The molecule has 0 bridgehead atoms. The molecular formula is C27H27FN4O3S2. The standard InChI is InChI=1S/C27H27FN4O3S2/c1-18-5-6-19(2)25-24(18)30-27(36-25)32(17-20-4-3-13-29-16-20)26(33)21-11-14-31(15-12-21)37(34,35)23-9-7-22(28)8-10-23/h3-10,13,16,21H,11-12,14-15,17H2,1-2H3. The molecule has 3 heterocycles. The number of hydrogen-bond donors (Lipinski definition) is 0. The van der Waals surface area contributed by atoms with E-state index in [0.29, 0.717) is 24.5 Å². The summed E-state index contributed by atoms with van der Waals surface area (Å²) in [7, 11) is -3.75. The number of aromatic nitrogens is 2. The van der Waals surface area contributed by atoms with E-state index in [1.54, 1.807) is 17.3 Å². The number of sulfonamides is 1. The predicted octanol–water partition coefficient (Wildman–Crippen LogP) is 5.08. The van der Waals surface area contributed by atoms with E-state index in [1.807, 2.05) is 32.0 Å². The molecule has 2 aromatic carbocycles. The fourth-order valence-electron chi connectivity index (χ4n) is 4.60. The number of piperidine rings is 1. The van der Waals surface area contributed by atoms with Gasteiger partial charge in [-0.05, 0) is 73.7 Å². The van der Waals surface area contributed by atoms with Gasteiger partial charge in [-0.25, -0.2) is 17.8 Å². The zero-order chi connectivity index (χ0) is 26.2. The highest BCUT2D eigenvalue weighted by Crippen LogP contribution is 2.35. The topological polar surface area (TPSA) is 83.5 Å². The molecule has 0 saturated carbocycles. The van der Waals surface area contributed by atoms with Crippen LogP contribution in [-0.4, -0.2) is 41.7 Å². The van der Waals surface area contributed by atoms with Crippen molar-refractivity contribution in [3.63, 3.8) is 0 Å². The number of thiazole rings is 1. The molecule has 0 atom stereocenters. The second kappa shape index (κ2) is 10.3. The average molecular weight is 539 g/mol. The van der Waals surface area contributed by atoms with Crippen LogP contribution in [-0.2, 0) is 21.4 Å². The van der Waals surface area contributed by atoms with Crippen LogP contribution in [0.5, 0.6) is 0 Å². The maximum absolute atomic E-state index is 13.9. The molecule has 7 nitrogen and oxygen atoms in total. The van der Waals surface area contributed by atoms with E-state index in [4.69, 9.17) is 4.98 Å². The van der Waals surface area contributed by atoms with Crippen LogP contribution in [0.15, 0.2) is 65.8 Å². The normalized spacial score (nSPS) is 15.2. The molecule has 10 heteroatoms. The van der Waals surface area contributed by atoms with Crippen molar-refractivity contribution in [1.29, 1.82) is 0 Å². The Morgan fingerprint density at radius 1 is 1.08 bits per heavy atom. The Labute approximate surface area is 219 Å². The highest BCUT2D eigenvalue weighted by molar-refractivity contribution is 7.89. The minimum Gasteiger partial charge on any atom is -0.283 e. The van der Waals surface area contributed by atoms with Gasteiger partial charge < -0.3 is 0 Å². The van der Waals surface area contributed by atoms with Crippen LogP contribution >= 0.6 is 11.3 Å². The van der Waals surface area contributed by atoms with Gasteiger partial charge in [-0.3, -0.25) is 14.7 Å². The number of benzene rings is 2. The molecule has 2 aromatic heterocycles. The number of rotatable bonds is 6. The van der Waals surface area contributed by atoms with Crippen LogP contribution in [0.25, 0.3) is 10.2 Å². The number of pyridine rings is 1. The zero-order valence-electron chi connectivity index (χ0n) is 20.6. The smallest absolute Gasteiger partial charge is 0.243 e. The van der Waals surface area contributed by atoms with E-state index >= 15 is 0 Å². The Morgan fingerprint density at radius 3 is 2.43 bits per heavy atom. The molecule has 1 fully saturated rings. The van der Waals surface area contributed by atoms with Crippen molar-refractivity contribution in [2.45, 2.75) is 38.1 Å². The van der Waals surface area contributed by atoms with E-state index in [-0.39, 0.29) is 29.8 Å². The first kappa shape index (κ1) is 25.4. The lowest BCUT2D eigenvalue weighted by Crippen LogP contribution is -2.44. The fraction of sp³-hybridized carbons (Fsp3) is 0.296. The maximum atomic E-state index is 13.9. The van der Waals surface area contributed by atoms with Crippen molar-refractivity contribution in [1.82, 2.24) is 14.3 Å². The first-order valence-corrected chi connectivity index (χ1v) is 14.3. The summed E-state index contributed by atoms with van der Waals surface area (Å²) in [6.45, 7) is 4.81. The summed E-state index contributed by atoms with van der Waals surface area (Å²) in [6, 6.07) is 12.7. The highest BCUT2D eigenvalue weighted by atomic mass is 32.2. The summed E-state index contributed by atoms with van der Waals surface area (Å²) in [5.74, 6) is -0.903.